The van der Waals surface area contributed by atoms with Crippen molar-refractivity contribution in [1.29, 1.82) is 5.26 Å². The summed E-state index contributed by atoms with van der Waals surface area (Å²) < 4.78 is 2.03. The lowest BCUT2D eigenvalue weighted by Gasteiger charge is -2.08. The van der Waals surface area contributed by atoms with Gasteiger partial charge < -0.3 is 9.88 Å². The number of nitriles is 1. The Morgan fingerprint density at radius 2 is 2.14 bits per heavy atom. The molecule has 3 rings (SSSR count). The van der Waals surface area contributed by atoms with E-state index in [0.717, 1.165) is 16.9 Å². The minimum absolute atomic E-state index is 0.466. The smallest absolute Gasteiger partial charge is 0.148 e. The predicted molar refractivity (Wildman–Crippen MR) is 86.6 cm³/mol. The summed E-state index contributed by atoms with van der Waals surface area (Å²) in [5, 5.41) is 13.2. The highest BCUT2D eigenvalue weighted by Gasteiger charge is 2.12. The summed E-state index contributed by atoms with van der Waals surface area (Å²) in [5.41, 5.74) is 2.50. The maximum Gasteiger partial charge on any atom is 0.148 e. The van der Waals surface area contributed by atoms with E-state index in [1.54, 1.807) is 0 Å². The lowest BCUT2D eigenvalue weighted by molar-refractivity contribution is 0.829. The second-order valence-electron chi connectivity index (χ2n) is 4.65. The van der Waals surface area contributed by atoms with Crippen LogP contribution >= 0.6 is 11.8 Å². The standard InChI is InChI=1S/C15H14N6S/c1-21-12-6-4-3-5-11(12)20-13(21)8-17-14-10(7-16)15(22-2)19-9-18-14/h3-6,9H,8H2,1-2H3,(H,17,18,19). The van der Waals surface area contributed by atoms with Gasteiger partial charge in [0.1, 0.15) is 34.6 Å². The second kappa shape index (κ2) is 6.03. The van der Waals surface area contributed by atoms with Gasteiger partial charge in [0.15, 0.2) is 0 Å². The molecule has 1 aromatic carbocycles. The molecule has 0 unspecified atom stereocenters. The van der Waals surface area contributed by atoms with Crippen molar-refractivity contribution in [2.24, 2.45) is 7.05 Å². The van der Waals surface area contributed by atoms with Crippen molar-refractivity contribution in [3.8, 4) is 6.07 Å². The Labute approximate surface area is 132 Å². The molecule has 0 spiro atoms. The third-order valence-corrected chi connectivity index (χ3v) is 4.11. The Morgan fingerprint density at radius 3 is 2.86 bits per heavy atom. The fraction of sp³-hybridized carbons (Fsp3) is 0.200. The first-order chi connectivity index (χ1) is 10.7. The Morgan fingerprint density at radius 1 is 1.32 bits per heavy atom. The number of para-hydroxylation sites is 2. The van der Waals surface area contributed by atoms with Crippen molar-refractivity contribution >= 4 is 28.6 Å². The molecule has 0 fully saturated rings. The van der Waals surface area contributed by atoms with Crippen LogP contribution in [-0.2, 0) is 13.6 Å². The molecule has 0 radical (unpaired) electrons. The van der Waals surface area contributed by atoms with Gasteiger partial charge in [0, 0.05) is 7.05 Å². The van der Waals surface area contributed by atoms with Crippen LogP contribution in [0.3, 0.4) is 0 Å². The van der Waals surface area contributed by atoms with E-state index in [0.29, 0.717) is 23.0 Å². The number of hydrogen-bond donors (Lipinski definition) is 1. The van der Waals surface area contributed by atoms with E-state index in [9.17, 15) is 5.26 Å². The SMILES string of the molecule is CSc1ncnc(NCc2nc3ccccc3n2C)c1C#N. The molecule has 0 aliphatic heterocycles. The molecule has 0 aliphatic carbocycles. The Kier molecular flexibility index (Phi) is 3.94. The summed E-state index contributed by atoms with van der Waals surface area (Å²) in [6.07, 6.45) is 3.35. The first-order valence-electron chi connectivity index (χ1n) is 6.68. The van der Waals surface area contributed by atoms with Crippen LogP contribution in [0.1, 0.15) is 11.4 Å². The van der Waals surface area contributed by atoms with Gasteiger partial charge in [0.05, 0.1) is 17.6 Å². The van der Waals surface area contributed by atoms with E-state index in [-0.39, 0.29) is 0 Å². The van der Waals surface area contributed by atoms with Gasteiger partial charge in [-0.1, -0.05) is 12.1 Å². The lowest BCUT2D eigenvalue weighted by Crippen LogP contribution is -2.09. The fourth-order valence-corrected chi connectivity index (χ4v) is 2.77. The molecule has 0 saturated heterocycles. The normalized spacial score (nSPS) is 10.6. The highest BCUT2D eigenvalue weighted by atomic mass is 32.2. The summed E-state index contributed by atoms with van der Waals surface area (Å²) in [5.74, 6) is 1.42. The first-order valence-corrected chi connectivity index (χ1v) is 7.90. The number of rotatable bonds is 4. The molecule has 0 aliphatic rings. The van der Waals surface area contributed by atoms with E-state index in [4.69, 9.17) is 0 Å². The topological polar surface area (TPSA) is 79.4 Å². The third kappa shape index (κ3) is 2.49. The summed E-state index contributed by atoms with van der Waals surface area (Å²) in [6.45, 7) is 0.491. The molecule has 1 N–H and O–H groups in total. The van der Waals surface area contributed by atoms with Gasteiger partial charge in [-0.2, -0.15) is 5.26 Å². The van der Waals surface area contributed by atoms with Gasteiger partial charge in [0.2, 0.25) is 0 Å². The zero-order valence-corrected chi connectivity index (χ0v) is 13.1. The number of fused-ring (bicyclic) bond motifs is 1. The van der Waals surface area contributed by atoms with Crippen molar-refractivity contribution in [1.82, 2.24) is 19.5 Å². The maximum atomic E-state index is 9.29. The van der Waals surface area contributed by atoms with Gasteiger partial charge >= 0.3 is 0 Å². The molecule has 0 bridgehead atoms. The zero-order valence-electron chi connectivity index (χ0n) is 12.2. The largest absolute Gasteiger partial charge is 0.362 e. The summed E-state index contributed by atoms with van der Waals surface area (Å²) in [7, 11) is 1.98. The van der Waals surface area contributed by atoms with E-state index < -0.39 is 0 Å². The van der Waals surface area contributed by atoms with Crippen molar-refractivity contribution in [2.45, 2.75) is 11.6 Å². The number of thioether (sulfide) groups is 1. The van der Waals surface area contributed by atoms with E-state index >= 15 is 0 Å². The average Bonchev–Trinajstić information content (AvgIpc) is 2.89. The van der Waals surface area contributed by atoms with E-state index in [1.807, 2.05) is 42.1 Å². The molecular formula is C15H14N6S. The predicted octanol–water partition coefficient (Wildman–Crippen LogP) is 2.57. The molecule has 6 nitrogen and oxygen atoms in total. The van der Waals surface area contributed by atoms with E-state index in [2.05, 4.69) is 26.3 Å². The number of nitrogens with zero attached hydrogens (tertiary/aromatic N) is 5. The van der Waals surface area contributed by atoms with Gasteiger partial charge in [-0.15, -0.1) is 11.8 Å². The average molecular weight is 310 g/mol. The Hall–Kier alpha value is -2.59. The second-order valence-corrected chi connectivity index (χ2v) is 5.44. The molecule has 2 heterocycles. The van der Waals surface area contributed by atoms with Crippen LogP contribution < -0.4 is 5.32 Å². The van der Waals surface area contributed by atoms with Crippen LogP contribution in [0.25, 0.3) is 11.0 Å². The molecule has 0 saturated carbocycles. The number of aromatic nitrogens is 4. The first kappa shape index (κ1) is 14.4. The van der Waals surface area contributed by atoms with Gasteiger partial charge in [-0.3, -0.25) is 0 Å². The quantitative estimate of drug-likeness (QED) is 0.589. The van der Waals surface area contributed by atoms with Gasteiger partial charge in [0.25, 0.3) is 0 Å². The fourth-order valence-electron chi connectivity index (χ4n) is 2.28. The minimum Gasteiger partial charge on any atom is -0.362 e. The summed E-state index contributed by atoms with van der Waals surface area (Å²) in [4.78, 5) is 12.9. The summed E-state index contributed by atoms with van der Waals surface area (Å²) >= 11 is 1.43. The van der Waals surface area contributed by atoms with Gasteiger partial charge in [-0.25, -0.2) is 15.0 Å². The number of hydrogen-bond acceptors (Lipinski definition) is 6. The molecule has 3 aromatic rings. The van der Waals surface area contributed by atoms with Crippen LogP contribution in [0, 0.1) is 11.3 Å². The van der Waals surface area contributed by atoms with Crippen molar-refractivity contribution in [3.63, 3.8) is 0 Å². The molecule has 0 amide bonds. The van der Waals surface area contributed by atoms with Crippen molar-refractivity contribution in [2.75, 3.05) is 11.6 Å². The molecule has 22 heavy (non-hydrogen) atoms. The van der Waals surface area contributed by atoms with Crippen LogP contribution in [0.15, 0.2) is 35.6 Å². The monoisotopic (exact) mass is 310 g/mol. The zero-order chi connectivity index (χ0) is 15.5. The van der Waals surface area contributed by atoms with Crippen LogP contribution in [0.4, 0.5) is 5.82 Å². The lowest BCUT2D eigenvalue weighted by atomic mass is 10.3. The van der Waals surface area contributed by atoms with E-state index in [1.165, 1.54) is 18.1 Å². The molecule has 2 aromatic heterocycles. The van der Waals surface area contributed by atoms with Crippen LogP contribution in [-0.4, -0.2) is 25.8 Å². The van der Waals surface area contributed by atoms with Crippen molar-refractivity contribution in [3.05, 3.63) is 42.0 Å². The van der Waals surface area contributed by atoms with Crippen LogP contribution in [0.5, 0.6) is 0 Å². The maximum absolute atomic E-state index is 9.29. The molecule has 110 valence electrons. The summed E-state index contributed by atoms with van der Waals surface area (Å²) in [6, 6.07) is 10.1. The minimum atomic E-state index is 0.466. The molecule has 7 heteroatoms. The third-order valence-electron chi connectivity index (χ3n) is 3.41. The molecule has 0 atom stereocenters. The highest BCUT2D eigenvalue weighted by molar-refractivity contribution is 7.98. The van der Waals surface area contributed by atoms with Gasteiger partial charge in [-0.05, 0) is 18.4 Å². The Bertz CT molecular complexity index is 864. The van der Waals surface area contributed by atoms with Crippen molar-refractivity contribution < 1.29 is 0 Å². The van der Waals surface area contributed by atoms with Crippen LogP contribution in [0.2, 0.25) is 0 Å². The number of benzene rings is 1. The Balaban J connectivity index is 1.89. The number of aryl methyl sites for hydroxylation is 1. The number of nitrogens with one attached hydrogen (secondary N) is 1. The molecular weight excluding hydrogens is 296 g/mol. The number of anilines is 1. The number of imidazole rings is 1. The highest BCUT2D eigenvalue weighted by Crippen LogP contribution is 2.22.